The van der Waals surface area contributed by atoms with E-state index >= 15 is 0 Å². The number of anilines is 1. The highest BCUT2D eigenvalue weighted by Gasteiger charge is 2.39. The fourth-order valence-corrected chi connectivity index (χ4v) is 2.95. The van der Waals surface area contributed by atoms with Crippen molar-refractivity contribution in [2.24, 2.45) is 5.92 Å². The summed E-state index contributed by atoms with van der Waals surface area (Å²) in [4.78, 5) is 6.48. The van der Waals surface area contributed by atoms with Crippen LogP contribution in [0.25, 0.3) is 0 Å². The van der Waals surface area contributed by atoms with Crippen molar-refractivity contribution in [1.29, 1.82) is 0 Å². The van der Waals surface area contributed by atoms with Crippen molar-refractivity contribution >= 4 is 21.9 Å². The first-order valence-electron chi connectivity index (χ1n) is 7.44. The Morgan fingerprint density at radius 2 is 1.95 bits per heavy atom. The fourth-order valence-electron chi connectivity index (χ4n) is 2.68. The summed E-state index contributed by atoms with van der Waals surface area (Å²) in [7, 11) is 0. The van der Waals surface area contributed by atoms with Gasteiger partial charge in [-0.2, -0.15) is 4.98 Å². The molecule has 22 heavy (non-hydrogen) atoms. The van der Waals surface area contributed by atoms with Crippen LogP contribution in [0.15, 0.2) is 33.3 Å². The third kappa shape index (κ3) is 2.54. The van der Waals surface area contributed by atoms with Gasteiger partial charge in [-0.15, -0.1) is 0 Å². The van der Waals surface area contributed by atoms with Gasteiger partial charge in [0.2, 0.25) is 0 Å². The van der Waals surface area contributed by atoms with Gasteiger partial charge in [0.05, 0.1) is 24.6 Å². The average molecular weight is 366 g/mol. The number of β-amino-alcohol motifs (C(OH)–C–C–N with tert-alkyl or cyclic N) is 1. The summed E-state index contributed by atoms with van der Waals surface area (Å²) in [5, 5.41) is 13.6. The van der Waals surface area contributed by atoms with Crippen molar-refractivity contribution in [1.82, 2.24) is 10.1 Å². The van der Waals surface area contributed by atoms with Gasteiger partial charge in [-0.05, 0) is 30.5 Å². The lowest BCUT2D eigenvalue weighted by Crippen LogP contribution is -2.51. The standard InChI is InChI=1S/C16H20BrN3O2/c1-10(2)16(3,11-4-6-12(17)7-5-11)14-18-15(22-19-14)20-8-13(21)9-20/h4-7,10,13,21H,8-9H2,1-3H3. The van der Waals surface area contributed by atoms with Crippen LogP contribution in [0.3, 0.4) is 0 Å². The fraction of sp³-hybridized carbons (Fsp3) is 0.500. The first kappa shape index (κ1) is 15.5. The van der Waals surface area contributed by atoms with Gasteiger partial charge in [0.15, 0.2) is 5.82 Å². The summed E-state index contributed by atoms with van der Waals surface area (Å²) >= 11 is 3.47. The monoisotopic (exact) mass is 365 g/mol. The third-order valence-corrected chi connectivity index (χ3v) is 5.14. The number of aliphatic hydroxyl groups is 1. The highest BCUT2D eigenvalue weighted by molar-refractivity contribution is 9.10. The molecule has 1 aromatic heterocycles. The maximum absolute atomic E-state index is 9.40. The Bertz CT molecular complexity index is 650. The van der Waals surface area contributed by atoms with E-state index in [0.717, 1.165) is 10.0 Å². The van der Waals surface area contributed by atoms with E-state index in [4.69, 9.17) is 4.52 Å². The van der Waals surface area contributed by atoms with Crippen LogP contribution in [0, 0.1) is 5.92 Å². The average Bonchev–Trinajstić information content (AvgIpc) is 2.93. The zero-order valence-electron chi connectivity index (χ0n) is 13.0. The first-order valence-corrected chi connectivity index (χ1v) is 8.23. The molecule has 6 heteroatoms. The molecule has 3 rings (SSSR count). The van der Waals surface area contributed by atoms with E-state index in [2.05, 4.69) is 59.0 Å². The highest BCUT2D eigenvalue weighted by atomic mass is 79.9. The molecule has 1 aliphatic rings. The summed E-state index contributed by atoms with van der Waals surface area (Å²) in [6.07, 6.45) is -0.293. The number of hydrogen-bond donors (Lipinski definition) is 1. The topological polar surface area (TPSA) is 62.4 Å². The second-order valence-corrected chi connectivity index (χ2v) is 7.24. The molecule has 1 N–H and O–H groups in total. The van der Waals surface area contributed by atoms with Crippen molar-refractivity contribution < 1.29 is 9.63 Å². The van der Waals surface area contributed by atoms with Crippen molar-refractivity contribution in [3.8, 4) is 0 Å². The molecule has 0 saturated carbocycles. The largest absolute Gasteiger partial charge is 0.389 e. The maximum atomic E-state index is 9.40. The molecule has 1 aliphatic heterocycles. The van der Waals surface area contributed by atoms with E-state index in [-0.39, 0.29) is 11.5 Å². The molecule has 1 aromatic carbocycles. The smallest absolute Gasteiger partial charge is 0.324 e. The molecule has 0 amide bonds. The molecular formula is C16H20BrN3O2. The molecule has 0 spiro atoms. The summed E-state index contributed by atoms with van der Waals surface area (Å²) in [5.74, 6) is 0.988. The van der Waals surface area contributed by atoms with Gasteiger partial charge in [-0.3, -0.25) is 0 Å². The summed E-state index contributed by atoms with van der Waals surface area (Å²) < 4.78 is 6.45. The van der Waals surface area contributed by atoms with Crippen molar-refractivity contribution in [3.05, 3.63) is 40.1 Å². The lowest BCUT2D eigenvalue weighted by atomic mass is 9.73. The molecule has 5 nitrogen and oxygen atoms in total. The minimum atomic E-state index is -0.327. The van der Waals surface area contributed by atoms with E-state index in [1.807, 2.05) is 17.0 Å². The summed E-state index contributed by atoms with van der Waals surface area (Å²) in [6.45, 7) is 7.56. The molecule has 2 heterocycles. The van der Waals surface area contributed by atoms with Crippen LogP contribution in [-0.4, -0.2) is 34.4 Å². The molecule has 118 valence electrons. The van der Waals surface area contributed by atoms with Crippen LogP contribution in [0.5, 0.6) is 0 Å². The van der Waals surface area contributed by atoms with Gasteiger partial charge < -0.3 is 14.5 Å². The number of aromatic nitrogens is 2. The third-order valence-electron chi connectivity index (χ3n) is 4.61. The Morgan fingerprint density at radius 3 is 2.50 bits per heavy atom. The molecule has 1 atom stereocenters. The number of aliphatic hydroxyl groups excluding tert-OH is 1. The number of hydrogen-bond acceptors (Lipinski definition) is 5. The Labute approximate surface area is 138 Å². The van der Waals surface area contributed by atoms with Crippen molar-refractivity contribution in [2.45, 2.75) is 32.3 Å². The molecule has 1 fully saturated rings. The number of halogens is 1. The van der Waals surface area contributed by atoms with E-state index in [0.29, 0.717) is 30.8 Å². The van der Waals surface area contributed by atoms with Crippen molar-refractivity contribution in [3.63, 3.8) is 0 Å². The quantitative estimate of drug-likeness (QED) is 0.902. The highest BCUT2D eigenvalue weighted by Crippen LogP contribution is 2.38. The molecule has 1 saturated heterocycles. The predicted molar refractivity (Wildman–Crippen MR) is 88.0 cm³/mol. The first-order chi connectivity index (χ1) is 10.4. The minimum absolute atomic E-state index is 0.293. The van der Waals surface area contributed by atoms with Gasteiger partial charge in [0, 0.05) is 4.47 Å². The summed E-state index contributed by atoms with van der Waals surface area (Å²) in [5.41, 5.74) is 0.827. The number of benzene rings is 1. The van der Waals surface area contributed by atoms with Crippen LogP contribution in [-0.2, 0) is 5.41 Å². The Balaban J connectivity index is 1.95. The maximum Gasteiger partial charge on any atom is 0.324 e. The lowest BCUT2D eigenvalue weighted by Gasteiger charge is -2.34. The molecule has 2 aromatic rings. The number of rotatable bonds is 4. The van der Waals surface area contributed by atoms with Gasteiger partial charge in [0.1, 0.15) is 0 Å². The van der Waals surface area contributed by atoms with Gasteiger partial charge in [-0.1, -0.05) is 47.1 Å². The van der Waals surface area contributed by atoms with Crippen LogP contribution in [0.1, 0.15) is 32.2 Å². The Morgan fingerprint density at radius 1 is 1.32 bits per heavy atom. The Hall–Kier alpha value is -1.40. The minimum Gasteiger partial charge on any atom is -0.389 e. The SMILES string of the molecule is CC(C)C(C)(c1ccc(Br)cc1)c1noc(N2CC(O)C2)n1. The predicted octanol–water partition coefficient (Wildman–Crippen LogP) is 2.98. The molecule has 0 aliphatic carbocycles. The molecule has 1 unspecified atom stereocenters. The summed E-state index contributed by atoms with van der Waals surface area (Å²) in [6, 6.07) is 8.73. The number of nitrogens with zero attached hydrogens (tertiary/aromatic N) is 3. The molecule has 0 bridgehead atoms. The van der Waals surface area contributed by atoms with Crippen LogP contribution in [0.4, 0.5) is 6.01 Å². The lowest BCUT2D eigenvalue weighted by molar-refractivity contribution is 0.135. The van der Waals surface area contributed by atoms with E-state index < -0.39 is 0 Å². The van der Waals surface area contributed by atoms with Gasteiger partial charge in [-0.25, -0.2) is 0 Å². The second-order valence-electron chi connectivity index (χ2n) is 6.32. The zero-order valence-corrected chi connectivity index (χ0v) is 14.5. The Kier molecular flexibility index (Phi) is 3.99. The van der Waals surface area contributed by atoms with Crippen molar-refractivity contribution in [2.75, 3.05) is 18.0 Å². The van der Waals surface area contributed by atoms with Gasteiger partial charge in [0.25, 0.3) is 0 Å². The van der Waals surface area contributed by atoms with Crippen LogP contribution < -0.4 is 4.90 Å². The van der Waals surface area contributed by atoms with E-state index in [1.165, 1.54) is 0 Å². The molecule has 0 radical (unpaired) electrons. The normalized spacial score (nSPS) is 18.4. The van der Waals surface area contributed by atoms with Crippen LogP contribution >= 0.6 is 15.9 Å². The second kappa shape index (κ2) is 5.66. The molecular weight excluding hydrogens is 346 g/mol. The van der Waals surface area contributed by atoms with E-state index in [9.17, 15) is 5.11 Å². The van der Waals surface area contributed by atoms with Crippen LogP contribution in [0.2, 0.25) is 0 Å². The van der Waals surface area contributed by atoms with Gasteiger partial charge >= 0.3 is 6.01 Å². The van der Waals surface area contributed by atoms with E-state index in [1.54, 1.807) is 0 Å². The zero-order chi connectivity index (χ0) is 15.9.